The van der Waals surface area contributed by atoms with Gasteiger partial charge in [-0.15, -0.1) is 0 Å². The number of ether oxygens (including phenoxy) is 1. The van der Waals surface area contributed by atoms with Crippen molar-refractivity contribution in [1.29, 1.82) is 0 Å². The van der Waals surface area contributed by atoms with E-state index in [2.05, 4.69) is 5.32 Å². The molecule has 1 N–H and O–H groups in total. The molecule has 1 heterocycles. The minimum Gasteiger partial charge on any atom is -0.491 e. The van der Waals surface area contributed by atoms with Gasteiger partial charge in [-0.25, -0.2) is 0 Å². The van der Waals surface area contributed by atoms with Gasteiger partial charge in [-0.05, 0) is 57.2 Å². The van der Waals surface area contributed by atoms with Gasteiger partial charge >= 0.3 is 0 Å². The molecule has 0 bridgehead atoms. The maximum absolute atomic E-state index is 12.5. The summed E-state index contributed by atoms with van der Waals surface area (Å²) in [5.41, 5.74) is 2.67. The lowest BCUT2D eigenvalue weighted by Crippen LogP contribution is -2.28. The molecule has 2 amide bonds. The highest BCUT2D eigenvalue weighted by Crippen LogP contribution is 2.28. The summed E-state index contributed by atoms with van der Waals surface area (Å²) in [6, 6.07) is 15.0. The van der Waals surface area contributed by atoms with E-state index < -0.39 is 0 Å². The van der Waals surface area contributed by atoms with Gasteiger partial charge in [0.2, 0.25) is 11.8 Å². The summed E-state index contributed by atoms with van der Waals surface area (Å²) in [6.07, 6.45) is 0.325. The molecule has 0 aliphatic carbocycles. The molecule has 2 aromatic rings. The van der Waals surface area contributed by atoms with E-state index in [1.54, 1.807) is 4.90 Å². The van der Waals surface area contributed by atoms with E-state index in [0.29, 0.717) is 6.54 Å². The molecule has 5 nitrogen and oxygen atoms in total. The van der Waals surface area contributed by atoms with E-state index in [4.69, 9.17) is 4.74 Å². The Kier molecular flexibility index (Phi) is 5.26. The lowest BCUT2D eigenvalue weighted by Gasteiger charge is -2.18. The first-order chi connectivity index (χ1) is 12.4. The number of carbonyl (C=O) groups excluding carboxylic acids is 2. The van der Waals surface area contributed by atoms with Gasteiger partial charge in [0.05, 0.1) is 12.0 Å². The maximum Gasteiger partial charge on any atom is 0.229 e. The Labute approximate surface area is 154 Å². The molecule has 0 radical (unpaired) electrons. The number of nitrogens with zero attached hydrogens (tertiary/aromatic N) is 1. The Morgan fingerprint density at radius 3 is 2.38 bits per heavy atom. The largest absolute Gasteiger partial charge is 0.491 e. The fraction of sp³-hybridized carbons (Fsp3) is 0.333. The predicted molar refractivity (Wildman–Crippen MR) is 102 cm³/mol. The van der Waals surface area contributed by atoms with Crippen LogP contribution in [-0.4, -0.2) is 24.5 Å². The Hall–Kier alpha value is -2.82. The molecule has 136 valence electrons. The quantitative estimate of drug-likeness (QED) is 0.891. The van der Waals surface area contributed by atoms with E-state index in [9.17, 15) is 9.59 Å². The first-order valence-electron chi connectivity index (χ1n) is 8.87. The minimum absolute atomic E-state index is 0.0356. The first kappa shape index (κ1) is 18.0. The molecule has 2 aromatic carbocycles. The third-order valence-corrected chi connectivity index (χ3v) is 4.34. The second-order valence-electron chi connectivity index (χ2n) is 6.92. The Balaban J connectivity index is 1.64. The number of hydrogen-bond acceptors (Lipinski definition) is 3. The molecule has 1 aliphatic heterocycles. The monoisotopic (exact) mass is 352 g/mol. The van der Waals surface area contributed by atoms with Crippen LogP contribution < -0.4 is 15.0 Å². The molecule has 0 saturated carbocycles. The van der Waals surface area contributed by atoms with E-state index >= 15 is 0 Å². The standard InChI is InChI=1S/C21H24N2O3/c1-14(2)26-19-10-8-18(9-11-19)23-13-16(12-20(23)24)21(25)22-17-6-4-15(3)5-7-17/h4-11,14,16H,12-13H2,1-3H3,(H,22,25)/t16-/m0/s1. The average Bonchev–Trinajstić information content (AvgIpc) is 2.99. The van der Waals surface area contributed by atoms with Crippen LogP contribution >= 0.6 is 0 Å². The number of nitrogens with one attached hydrogen (secondary N) is 1. The van der Waals surface area contributed by atoms with Crippen LogP contribution in [-0.2, 0) is 9.59 Å². The van der Waals surface area contributed by atoms with Gasteiger partial charge in [-0.2, -0.15) is 0 Å². The van der Waals surface area contributed by atoms with E-state index in [1.807, 2.05) is 69.3 Å². The van der Waals surface area contributed by atoms with Gasteiger partial charge in [0.25, 0.3) is 0 Å². The van der Waals surface area contributed by atoms with Crippen molar-refractivity contribution in [3.8, 4) is 5.75 Å². The van der Waals surface area contributed by atoms with Crippen LogP contribution in [0.4, 0.5) is 11.4 Å². The number of hydrogen-bond donors (Lipinski definition) is 1. The van der Waals surface area contributed by atoms with Gasteiger partial charge in [0.1, 0.15) is 5.75 Å². The zero-order chi connectivity index (χ0) is 18.7. The Morgan fingerprint density at radius 1 is 1.12 bits per heavy atom. The molecule has 1 aliphatic rings. The third kappa shape index (κ3) is 4.23. The number of carbonyl (C=O) groups is 2. The summed E-state index contributed by atoms with van der Waals surface area (Å²) in [4.78, 5) is 26.5. The summed E-state index contributed by atoms with van der Waals surface area (Å²) in [5.74, 6) is 0.260. The lowest BCUT2D eigenvalue weighted by atomic mass is 10.1. The van der Waals surface area contributed by atoms with E-state index in [1.165, 1.54) is 0 Å². The van der Waals surface area contributed by atoms with Crippen LogP contribution in [0.2, 0.25) is 0 Å². The SMILES string of the molecule is Cc1ccc(NC(=O)[C@H]2CC(=O)N(c3ccc(OC(C)C)cc3)C2)cc1. The van der Waals surface area contributed by atoms with Crippen LogP contribution in [0, 0.1) is 12.8 Å². The van der Waals surface area contributed by atoms with Crippen molar-refractivity contribution in [1.82, 2.24) is 0 Å². The molecule has 26 heavy (non-hydrogen) atoms. The molecule has 0 aromatic heterocycles. The summed E-state index contributed by atoms with van der Waals surface area (Å²) >= 11 is 0. The zero-order valence-corrected chi connectivity index (χ0v) is 15.4. The summed E-state index contributed by atoms with van der Waals surface area (Å²) < 4.78 is 5.63. The average molecular weight is 352 g/mol. The van der Waals surface area contributed by atoms with Crippen LogP contribution in [0.1, 0.15) is 25.8 Å². The zero-order valence-electron chi connectivity index (χ0n) is 15.4. The molecule has 5 heteroatoms. The Morgan fingerprint density at radius 2 is 1.77 bits per heavy atom. The van der Waals surface area contributed by atoms with Crippen LogP contribution in [0.3, 0.4) is 0 Å². The van der Waals surface area contributed by atoms with Crippen LogP contribution in [0.25, 0.3) is 0 Å². The van der Waals surface area contributed by atoms with Crippen LogP contribution in [0.15, 0.2) is 48.5 Å². The normalized spacial score (nSPS) is 16.8. The highest BCUT2D eigenvalue weighted by atomic mass is 16.5. The van der Waals surface area contributed by atoms with Crippen molar-refractivity contribution < 1.29 is 14.3 Å². The number of aryl methyl sites for hydroxylation is 1. The molecule has 0 spiro atoms. The minimum atomic E-state index is -0.351. The smallest absolute Gasteiger partial charge is 0.229 e. The molecular formula is C21H24N2O3. The van der Waals surface area contributed by atoms with Crippen LogP contribution in [0.5, 0.6) is 5.75 Å². The summed E-state index contributed by atoms with van der Waals surface area (Å²) in [7, 11) is 0. The predicted octanol–water partition coefficient (Wildman–Crippen LogP) is 3.77. The lowest BCUT2D eigenvalue weighted by molar-refractivity contribution is -0.122. The molecule has 1 fully saturated rings. The molecule has 0 unspecified atom stereocenters. The van der Waals surface area contributed by atoms with E-state index in [-0.39, 0.29) is 30.3 Å². The molecule has 1 atom stereocenters. The van der Waals surface area contributed by atoms with Gasteiger partial charge in [-0.1, -0.05) is 17.7 Å². The highest BCUT2D eigenvalue weighted by molar-refractivity contribution is 6.03. The summed E-state index contributed by atoms with van der Waals surface area (Å²) in [5, 5.41) is 2.90. The van der Waals surface area contributed by atoms with Gasteiger partial charge in [-0.3, -0.25) is 9.59 Å². The van der Waals surface area contributed by atoms with Gasteiger partial charge < -0.3 is 15.0 Å². The molecule has 3 rings (SSSR count). The van der Waals surface area contributed by atoms with Crippen molar-refractivity contribution in [3.63, 3.8) is 0 Å². The second-order valence-corrected chi connectivity index (χ2v) is 6.92. The first-order valence-corrected chi connectivity index (χ1v) is 8.87. The second kappa shape index (κ2) is 7.60. The number of benzene rings is 2. The van der Waals surface area contributed by atoms with Crippen molar-refractivity contribution >= 4 is 23.2 Å². The molecule has 1 saturated heterocycles. The molecular weight excluding hydrogens is 328 g/mol. The van der Waals surface area contributed by atoms with Crippen molar-refractivity contribution in [3.05, 3.63) is 54.1 Å². The fourth-order valence-corrected chi connectivity index (χ4v) is 2.99. The Bertz CT molecular complexity index is 782. The maximum atomic E-state index is 12.5. The summed E-state index contributed by atoms with van der Waals surface area (Å²) in [6.45, 7) is 6.32. The number of amides is 2. The number of anilines is 2. The van der Waals surface area contributed by atoms with Crippen molar-refractivity contribution in [2.75, 3.05) is 16.8 Å². The third-order valence-electron chi connectivity index (χ3n) is 4.34. The highest BCUT2D eigenvalue weighted by Gasteiger charge is 2.35. The van der Waals surface area contributed by atoms with Gasteiger partial charge in [0.15, 0.2) is 0 Å². The van der Waals surface area contributed by atoms with E-state index in [0.717, 1.165) is 22.7 Å². The fourth-order valence-electron chi connectivity index (χ4n) is 2.99. The number of rotatable bonds is 5. The van der Waals surface area contributed by atoms with Gasteiger partial charge in [0, 0.05) is 24.3 Å². The topological polar surface area (TPSA) is 58.6 Å². The van der Waals surface area contributed by atoms with Crippen molar-refractivity contribution in [2.24, 2.45) is 5.92 Å². The van der Waals surface area contributed by atoms with Crippen molar-refractivity contribution in [2.45, 2.75) is 33.3 Å².